The molecule has 0 amide bonds. The van der Waals surface area contributed by atoms with Crippen molar-refractivity contribution in [3.8, 4) is 0 Å². The monoisotopic (exact) mass is 462 g/mol. The fraction of sp³-hybridized carbons (Fsp3) is 0.294. The average Bonchev–Trinajstić information content (AvgIpc) is 2.57. The Kier molecular flexibility index (Phi) is 9.63. The normalized spacial score (nSPS) is 10.9. The summed E-state index contributed by atoms with van der Waals surface area (Å²) in [5.74, 6) is 0.394. The third-order valence-electron chi connectivity index (χ3n) is 3.35. The molecule has 0 fully saturated rings. The van der Waals surface area contributed by atoms with E-state index in [4.69, 9.17) is 11.6 Å². The van der Waals surface area contributed by atoms with E-state index in [1.807, 2.05) is 18.2 Å². The first-order valence-corrected chi connectivity index (χ1v) is 7.86. The Labute approximate surface area is 164 Å². The van der Waals surface area contributed by atoms with Crippen molar-refractivity contribution >= 4 is 41.5 Å². The highest BCUT2D eigenvalue weighted by molar-refractivity contribution is 14.0. The Morgan fingerprint density at radius 2 is 1.88 bits per heavy atom. The maximum absolute atomic E-state index is 13.7. The summed E-state index contributed by atoms with van der Waals surface area (Å²) in [4.78, 5) is 8.41. The summed E-state index contributed by atoms with van der Waals surface area (Å²) in [6.07, 6.45) is 3.08. The van der Waals surface area contributed by atoms with Crippen LogP contribution in [-0.4, -0.2) is 31.1 Å². The van der Waals surface area contributed by atoms with Gasteiger partial charge in [0.05, 0.1) is 0 Å². The zero-order valence-electron chi connectivity index (χ0n) is 13.4. The molecular weight excluding hydrogens is 442 g/mol. The van der Waals surface area contributed by atoms with Crippen molar-refractivity contribution in [2.45, 2.75) is 12.8 Å². The Hall–Kier alpha value is -1.41. The highest BCUT2D eigenvalue weighted by Gasteiger charge is 2.06. The van der Waals surface area contributed by atoms with E-state index < -0.39 is 0 Å². The summed E-state index contributed by atoms with van der Waals surface area (Å²) in [5, 5.41) is 6.81. The van der Waals surface area contributed by atoms with Crippen LogP contribution < -0.4 is 10.6 Å². The van der Waals surface area contributed by atoms with E-state index in [-0.39, 0.29) is 29.8 Å². The van der Waals surface area contributed by atoms with Crippen LogP contribution in [0.2, 0.25) is 5.02 Å². The molecule has 1 aromatic heterocycles. The van der Waals surface area contributed by atoms with Crippen LogP contribution in [0.5, 0.6) is 0 Å². The van der Waals surface area contributed by atoms with Gasteiger partial charge in [0.25, 0.3) is 0 Å². The molecule has 0 saturated heterocycles. The summed E-state index contributed by atoms with van der Waals surface area (Å²) < 4.78 is 13.7. The standard InChI is InChI=1S/C17H20ClFN4.HI/c1-20-17(22-11-8-13-5-2-3-10-21-13)23-12-9-14-15(18)6-4-7-16(14)19;/h2-7,10H,8-9,11-12H2,1H3,(H2,20,22,23);1H. The van der Waals surface area contributed by atoms with Gasteiger partial charge in [0.1, 0.15) is 5.82 Å². The first kappa shape index (κ1) is 20.6. The van der Waals surface area contributed by atoms with E-state index in [1.165, 1.54) is 6.07 Å². The van der Waals surface area contributed by atoms with Gasteiger partial charge in [-0.1, -0.05) is 23.7 Å². The fourth-order valence-corrected chi connectivity index (χ4v) is 2.41. The van der Waals surface area contributed by atoms with Crippen molar-refractivity contribution in [2.75, 3.05) is 20.1 Å². The van der Waals surface area contributed by atoms with E-state index in [0.29, 0.717) is 29.5 Å². The number of hydrogen-bond acceptors (Lipinski definition) is 2. The van der Waals surface area contributed by atoms with Gasteiger partial charge in [-0.15, -0.1) is 24.0 Å². The molecule has 130 valence electrons. The number of rotatable bonds is 6. The Morgan fingerprint density at radius 3 is 2.50 bits per heavy atom. The lowest BCUT2D eigenvalue weighted by Crippen LogP contribution is -2.39. The molecule has 2 rings (SSSR count). The third-order valence-corrected chi connectivity index (χ3v) is 3.71. The summed E-state index contributed by atoms with van der Waals surface area (Å²) in [6, 6.07) is 10.6. The van der Waals surface area contributed by atoms with Gasteiger partial charge in [0.2, 0.25) is 0 Å². The molecule has 0 bridgehead atoms. The molecule has 1 heterocycles. The second-order valence-corrected chi connectivity index (χ2v) is 5.35. The lowest BCUT2D eigenvalue weighted by Gasteiger charge is -2.12. The van der Waals surface area contributed by atoms with Gasteiger partial charge in [0, 0.05) is 49.0 Å². The zero-order valence-corrected chi connectivity index (χ0v) is 16.5. The first-order valence-electron chi connectivity index (χ1n) is 7.48. The largest absolute Gasteiger partial charge is 0.356 e. The molecule has 0 aliphatic carbocycles. The Bertz CT molecular complexity index is 632. The van der Waals surface area contributed by atoms with E-state index in [0.717, 1.165) is 18.7 Å². The number of benzene rings is 1. The van der Waals surface area contributed by atoms with Gasteiger partial charge in [-0.3, -0.25) is 9.98 Å². The Morgan fingerprint density at radius 1 is 1.12 bits per heavy atom. The Balaban J connectivity index is 0.00000288. The predicted octanol–water partition coefficient (Wildman–Crippen LogP) is 3.44. The lowest BCUT2D eigenvalue weighted by molar-refractivity contribution is 0.607. The second-order valence-electron chi connectivity index (χ2n) is 4.95. The summed E-state index contributed by atoms with van der Waals surface area (Å²) >= 11 is 6.01. The third kappa shape index (κ3) is 6.60. The molecule has 24 heavy (non-hydrogen) atoms. The first-order chi connectivity index (χ1) is 11.2. The molecular formula is C17H21ClFIN4. The SMILES string of the molecule is CN=C(NCCc1ccccn1)NCCc1c(F)cccc1Cl.I. The fourth-order valence-electron chi connectivity index (χ4n) is 2.15. The van der Waals surface area contributed by atoms with Gasteiger partial charge >= 0.3 is 0 Å². The van der Waals surface area contributed by atoms with Crippen LogP contribution in [-0.2, 0) is 12.8 Å². The van der Waals surface area contributed by atoms with Gasteiger partial charge < -0.3 is 10.6 Å². The van der Waals surface area contributed by atoms with Crippen molar-refractivity contribution in [1.29, 1.82) is 0 Å². The summed E-state index contributed by atoms with van der Waals surface area (Å²) in [6.45, 7) is 1.26. The van der Waals surface area contributed by atoms with Crippen molar-refractivity contribution in [3.05, 3.63) is 64.7 Å². The van der Waals surface area contributed by atoms with Crippen molar-refractivity contribution in [3.63, 3.8) is 0 Å². The average molecular weight is 463 g/mol. The van der Waals surface area contributed by atoms with E-state index in [9.17, 15) is 4.39 Å². The molecule has 0 radical (unpaired) electrons. The highest BCUT2D eigenvalue weighted by atomic mass is 127. The van der Waals surface area contributed by atoms with Crippen LogP contribution in [0.1, 0.15) is 11.3 Å². The number of aliphatic imine (C=N–C) groups is 1. The van der Waals surface area contributed by atoms with Crippen molar-refractivity contribution in [2.24, 2.45) is 4.99 Å². The molecule has 0 saturated carbocycles. The van der Waals surface area contributed by atoms with E-state index in [2.05, 4.69) is 20.6 Å². The molecule has 0 atom stereocenters. The summed E-state index contributed by atoms with van der Waals surface area (Å²) in [7, 11) is 1.70. The van der Waals surface area contributed by atoms with Gasteiger partial charge in [-0.2, -0.15) is 0 Å². The quantitative estimate of drug-likeness (QED) is 0.393. The lowest BCUT2D eigenvalue weighted by atomic mass is 10.1. The van der Waals surface area contributed by atoms with E-state index in [1.54, 1.807) is 25.4 Å². The maximum atomic E-state index is 13.7. The highest BCUT2D eigenvalue weighted by Crippen LogP contribution is 2.18. The molecule has 0 unspecified atom stereocenters. The molecule has 0 aliphatic heterocycles. The number of halogens is 3. The van der Waals surface area contributed by atoms with Crippen molar-refractivity contribution in [1.82, 2.24) is 15.6 Å². The number of pyridine rings is 1. The molecule has 2 aromatic rings. The minimum absolute atomic E-state index is 0. The minimum atomic E-state index is -0.280. The minimum Gasteiger partial charge on any atom is -0.356 e. The number of hydrogen-bond donors (Lipinski definition) is 2. The van der Waals surface area contributed by atoms with Crippen LogP contribution in [0.15, 0.2) is 47.6 Å². The number of aromatic nitrogens is 1. The topological polar surface area (TPSA) is 49.3 Å². The molecule has 4 nitrogen and oxygen atoms in total. The van der Waals surface area contributed by atoms with Crippen LogP contribution in [0.4, 0.5) is 4.39 Å². The van der Waals surface area contributed by atoms with Gasteiger partial charge in [-0.05, 0) is 30.7 Å². The summed E-state index contributed by atoms with van der Waals surface area (Å²) in [5.41, 5.74) is 1.54. The van der Waals surface area contributed by atoms with Crippen LogP contribution >= 0.6 is 35.6 Å². The number of nitrogens with zero attached hydrogens (tertiary/aromatic N) is 2. The molecule has 2 N–H and O–H groups in total. The van der Waals surface area contributed by atoms with Crippen LogP contribution in [0, 0.1) is 5.82 Å². The van der Waals surface area contributed by atoms with Gasteiger partial charge in [0.15, 0.2) is 5.96 Å². The molecule has 0 aliphatic rings. The number of nitrogens with one attached hydrogen (secondary N) is 2. The van der Waals surface area contributed by atoms with Crippen LogP contribution in [0.25, 0.3) is 0 Å². The smallest absolute Gasteiger partial charge is 0.190 e. The van der Waals surface area contributed by atoms with Crippen LogP contribution in [0.3, 0.4) is 0 Å². The number of guanidine groups is 1. The molecule has 1 aromatic carbocycles. The molecule has 0 spiro atoms. The van der Waals surface area contributed by atoms with Crippen molar-refractivity contribution < 1.29 is 4.39 Å². The second kappa shape index (κ2) is 11.2. The predicted molar refractivity (Wildman–Crippen MR) is 108 cm³/mol. The van der Waals surface area contributed by atoms with Gasteiger partial charge in [-0.25, -0.2) is 4.39 Å². The maximum Gasteiger partial charge on any atom is 0.190 e. The van der Waals surface area contributed by atoms with E-state index >= 15 is 0 Å². The molecule has 7 heteroatoms. The zero-order chi connectivity index (χ0) is 16.5.